The Hall–Kier alpha value is -3.32. The summed E-state index contributed by atoms with van der Waals surface area (Å²) < 4.78 is 7.03. The maximum Gasteiger partial charge on any atom is 0.262 e. The lowest BCUT2D eigenvalue weighted by Crippen LogP contribution is -2.36. The predicted molar refractivity (Wildman–Crippen MR) is 122 cm³/mol. The van der Waals surface area contributed by atoms with Crippen LogP contribution in [0.5, 0.6) is 0 Å². The Labute approximate surface area is 183 Å². The van der Waals surface area contributed by atoms with Gasteiger partial charge >= 0.3 is 0 Å². The van der Waals surface area contributed by atoms with E-state index >= 15 is 0 Å². The van der Waals surface area contributed by atoms with Crippen LogP contribution in [0, 0.1) is 0 Å². The SMILES string of the molecule is O=C(CSc1nc2ccccc2c(=O)n1Cc1ccco1)N1CCCc2ccccc21. The highest BCUT2D eigenvalue weighted by Crippen LogP contribution is 2.28. The minimum atomic E-state index is -0.139. The molecule has 7 heteroatoms. The van der Waals surface area contributed by atoms with E-state index in [4.69, 9.17) is 9.40 Å². The van der Waals surface area contributed by atoms with Crippen LogP contribution in [0.2, 0.25) is 0 Å². The molecular formula is C24H21N3O3S. The normalized spacial score (nSPS) is 13.4. The highest BCUT2D eigenvalue weighted by atomic mass is 32.2. The zero-order chi connectivity index (χ0) is 21.2. The lowest BCUT2D eigenvalue weighted by atomic mass is 10.0. The molecule has 1 aliphatic heterocycles. The summed E-state index contributed by atoms with van der Waals surface area (Å²) in [6.07, 6.45) is 3.52. The van der Waals surface area contributed by atoms with E-state index in [0.29, 0.717) is 28.4 Å². The van der Waals surface area contributed by atoms with Gasteiger partial charge in [0.15, 0.2) is 5.16 Å². The number of hydrogen-bond acceptors (Lipinski definition) is 5. The van der Waals surface area contributed by atoms with Crippen LogP contribution in [0.4, 0.5) is 5.69 Å². The third kappa shape index (κ3) is 3.88. The molecule has 0 fully saturated rings. The highest BCUT2D eigenvalue weighted by Gasteiger charge is 2.23. The second-order valence-corrected chi connectivity index (χ2v) is 8.39. The van der Waals surface area contributed by atoms with Gasteiger partial charge in [-0.15, -0.1) is 0 Å². The van der Waals surface area contributed by atoms with Crippen molar-refractivity contribution in [1.29, 1.82) is 0 Å². The van der Waals surface area contributed by atoms with E-state index in [1.807, 2.05) is 47.4 Å². The Morgan fingerprint density at radius 2 is 1.90 bits per heavy atom. The molecule has 4 aromatic rings. The number of carbonyl (C=O) groups is 1. The highest BCUT2D eigenvalue weighted by molar-refractivity contribution is 7.99. The van der Waals surface area contributed by atoms with Crippen molar-refractivity contribution < 1.29 is 9.21 Å². The molecule has 156 valence electrons. The first-order valence-corrected chi connectivity index (χ1v) is 11.2. The van der Waals surface area contributed by atoms with Gasteiger partial charge < -0.3 is 9.32 Å². The molecule has 0 aliphatic carbocycles. The van der Waals surface area contributed by atoms with E-state index < -0.39 is 0 Å². The van der Waals surface area contributed by atoms with E-state index in [0.717, 1.165) is 18.5 Å². The van der Waals surface area contributed by atoms with E-state index in [-0.39, 0.29) is 23.8 Å². The first-order valence-electron chi connectivity index (χ1n) is 10.2. The van der Waals surface area contributed by atoms with Crippen LogP contribution < -0.4 is 10.5 Å². The van der Waals surface area contributed by atoms with Crippen LogP contribution in [0.15, 0.2) is 81.3 Å². The summed E-state index contributed by atoms with van der Waals surface area (Å²) in [6.45, 7) is 0.980. The van der Waals surface area contributed by atoms with Crippen LogP contribution in [0.1, 0.15) is 17.7 Å². The second kappa shape index (κ2) is 8.43. The maximum absolute atomic E-state index is 13.2. The molecule has 5 rings (SSSR count). The number of para-hydroxylation sites is 2. The van der Waals surface area contributed by atoms with E-state index in [2.05, 4.69) is 6.07 Å². The van der Waals surface area contributed by atoms with Gasteiger partial charge in [0.05, 0.1) is 29.5 Å². The molecule has 6 nitrogen and oxygen atoms in total. The van der Waals surface area contributed by atoms with Crippen LogP contribution >= 0.6 is 11.8 Å². The van der Waals surface area contributed by atoms with Crippen LogP contribution in [0.3, 0.4) is 0 Å². The van der Waals surface area contributed by atoms with Gasteiger partial charge in [-0.1, -0.05) is 42.1 Å². The van der Waals surface area contributed by atoms with Gasteiger partial charge in [-0.2, -0.15) is 0 Å². The zero-order valence-electron chi connectivity index (χ0n) is 16.9. The quantitative estimate of drug-likeness (QED) is 0.351. The minimum Gasteiger partial charge on any atom is -0.467 e. The molecule has 0 saturated carbocycles. The number of anilines is 1. The van der Waals surface area contributed by atoms with E-state index in [1.165, 1.54) is 17.3 Å². The van der Waals surface area contributed by atoms with Crippen molar-refractivity contribution in [2.75, 3.05) is 17.2 Å². The lowest BCUT2D eigenvalue weighted by molar-refractivity contribution is -0.116. The molecule has 0 saturated heterocycles. The van der Waals surface area contributed by atoms with Crippen LogP contribution in [-0.2, 0) is 17.8 Å². The van der Waals surface area contributed by atoms with Gasteiger partial charge in [0.2, 0.25) is 5.91 Å². The fourth-order valence-electron chi connectivity index (χ4n) is 3.95. The Bertz CT molecular complexity index is 1300. The molecule has 2 aromatic heterocycles. The predicted octanol–water partition coefficient (Wildman–Crippen LogP) is 4.11. The average Bonchev–Trinajstić information content (AvgIpc) is 3.32. The summed E-state index contributed by atoms with van der Waals surface area (Å²) in [4.78, 5) is 32.8. The molecule has 2 aromatic carbocycles. The Morgan fingerprint density at radius 3 is 2.77 bits per heavy atom. The number of benzene rings is 2. The van der Waals surface area contributed by atoms with Crippen molar-refractivity contribution in [3.8, 4) is 0 Å². The topological polar surface area (TPSA) is 68.3 Å². The summed E-state index contributed by atoms with van der Waals surface area (Å²) in [6, 6.07) is 18.9. The minimum absolute atomic E-state index is 0.0177. The van der Waals surface area contributed by atoms with Crippen molar-refractivity contribution in [2.45, 2.75) is 24.5 Å². The second-order valence-electron chi connectivity index (χ2n) is 7.45. The van der Waals surface area contributed by atoms with Gasteiger partial charge in [0.25, 0.3) is 5.56 Å². The average molecular weight is 432 g/mol. The molecule has 0 spiro atoms. The van der Waals surface area contributed by atoms with Gasteiger partial charge in [-0.25, -0.2) is 4.98 Å². The van der Waals surface area contributed by atoms with Crippen molar-refractivity contribution in [3.63, 3.8) is 0 Å². The molecule has 0 bridgehead atoms. The van der Waals surface area contributed by atoms with E-state index in [9.17, 15) is 9.59 Å². The number of amides is 1. The van der Waals surface area contributed by atoms with Crippen molar-refractivity contribution in [3.05, 3.63) is 88.6 Å². The van der Waals surface area contributed by atoms with Gasteiger partial charge in [0, 0.05) is 12.2 Å². The molecule has 0 atom stereocenters. The number of carbonyl (C=O) groups excluding carboxylic acids is 1. The molecule has 0 unspecified atom stereocenters. The summed E-state index contributed by atoms with van der Waals surface area (Å²) >= 11 is 1.29. The maximum atomic E-state index is 13.2. The van der Waals surface area contributed by atoms with Crippen molar-refractivity contribution in [1.82, 2.24) is 9.55 Å². The number of aryl methyl sites for hydroxylation is 1. The third-order valence-electron chi connectivity index (χ3n) is 5.46. The molecular weight excluding hydrogens is 410 g/mol. The first kappa shape index (κ1) is 19.6. The molecule has 31 heavy (non-hydrogen) atoms. The number of fused-ring (bicyclic) bond motifs is 2. The largest absolute Gasteiger partial charge is 0.467 e. The number of furan rings is 1. The van der Waals surface area contributed by atoms with Crippen molar-refractivity contribution >= 4 is 34.3 Å². The summed E-state index contributed by atoms with van der Waals surface area (Å²) in [5.74, 6) is 0.887. The van der Waals surface area contributed by atoms with E-state index in [1.54, 1.807) is 23.0 Å². The summed E-state index contributed by atoms with van der Waals surface area (Å²) in [7, 11) is 0. The first-order chi connectivity index (χ1) is 15.2. The molecule has 1 amide bonds. The zero-order valence-corrected chi connectivity index (χ0v) is 17.7. The van der Waals surface area contributed by atoms with Crippen molar-refractivity contribution in [2.24, 2.45) is 0 Å². The summed E-state index contributed by atoms with van der Waals surface area (Å²) in [5.41, 5.74) is 2.67. The number of nitrogens with zero attached hydrogens (tertiary/aromatic N) is 3. The monoisotopic (exact) mass is 431 g/mol. The molecule has 3 heterocycles. The lowest BCUT2D eigenvalue weighted by Gasteiger charge is -2.29. The Morgan fingerprint density at radius 1 is 1.06 bits per heavy atom. The molecule has 0 N–H and O–H groups in total. The van der Waals surface area contributed by atoms with Gasteiger partial charge in [-0.05, 0) is 48.7 Å². The fraction of sp³-hybridized carbons (Fsp3) is 0.208. The third-order valence-corrected chi connectivity index (χ3v) is 6.42. The fourth-order valence-corrected chi connectivity index (χ4v) is 4.83. The Kier molecular flexibility index (Phi) is 5.34. The van der Waals surface area contributed by atoms with Crippen LogP contribution in [-0.4, -0.2) is 27.8 Å². The van der Waals surface area contributed by atoms with Gasteiger partial charge in [-0.3, -0.25) is 14.2 Å². The number of rotatable bonds is 5. The van der Waals surface area contributed by atoms with Crippen LogP contribution in [0.25, 0.3) is 10.9 Å². The summed E-state index contributed by atoms with van der Waals surface area (Å²) in [5, 5.41) is 1.06. The number of aromatic nitrogens is 2. The standard InChI is InChI=1S/C24H21N3O3S/c28-22(26-13-5-8-17-7-1-4-12-21(17)26)16-31-24-25-20-11-3-2-10-19(20)23(29)27(24)15-18-9-6-14-30-18/h1-4,6-7,9-12,14H,5,8,13,15-16H2. The smallest absolute Gasteiger partial charge is 0.262 e. The van der Waals surface area contributed by atoms with Gasteiger partial charge in [0.1, 0.15) is 5.76 Å². The number of hydrogen-bond donors (Lipinski definition) is 0. The molecule has 1 aliphatic rings. The molecule has 0 radical (unpaired) electrons. The Balaban J connectivity index is 1.45. The number of thioether (sulfide) groups is 1.